The van der Waals surface area contributed by atoms with E-state index in [0.29, 0.717) is 0 Å². The van der Waals surface area contributed by atoms with E-state index in [2.05, 4.69) is 15.9 Å². The summed E-state index contributed by atoms with van der Waals surface area (Å²) in [4.78, 5) is 22.5. The molecule has 2 aromatic carbocycles. The van der Waals surface area contributed by atoms with Gasteiger partial charge >= 0.3 is 0 Å². The second-order valence-electron chi connectivity index (χ2n) is 4.92. The van der Waals surface area contributed by atoms with E-state index in [-0.39, 0.29) is 20.6 Å². The molecule has 120 valence electrons. The molecular formula is C15H12BrNO5S. The number of halogens is 1. The Bertz CT molecular complexity index is 875. The van der Waals surface area contributed by atoms with E-state index in [1.807, 2.05) is 6.92 Å². The second-order valence-corrected chi connectivity index (χ2v) is 7.76. The zero-order valence-electron chi connectivity index (χ0n) is 12.0. The number of ketones is 1. The maximum Gasteiger partial charge on any atom is 0.284 e. The summed E-state index contributed by atoms with van der Waals surface area (Å²) in [5, 5.41) is 10.9. The number of Topliss-reactive ketones (excluding diaryl/α,β-unsaturated/α-hetero) is 1. The molecule has 0 aromatic heterocycles. The summed E-state index contributed by atoms with van der Waals surface area (Å²) in [6.45, 7) is 1.82. The molecule has 8 heteroatoms. The molecule has 0 radical (unpaired) electrons. The van der Waals surface area contributed by atoms with Crippen LogP contribution in [0.4, 0.5) is 5.69 Å². The van der Waals surface area contributed by atoms with Crippen LogP contribution < -0.4 is 0 Å². The van der Waals surface area contributed by atoms with Crippen LogP contribution in [0.2, 0.25) is 0 Å². The smallest absolute Gasteiger partial charge is 0.284 e. The van der Waals surface area contributed by atoms with Crippen LogP contribution >= 0.6 is 15.9 Å². The molecule has 0 N–H and O–H groups in total. The van der Waals surface area contributed by atoms with Crippen molar-refractivity contribution in [2.45, 2.75) is 11.8 Å². The van der Waals surface area contributed by atoms with Gasteiger partial charge in [0.2, 0.25) is 0 Å². The van der Waals surface area contributed by atoms with Gasteiger partial charge in [0.25, 0.3) is 5.69 Å². The maximum atomic E-state index is 12.2. The van der Waals surface area contributed by atoms with Crippen molar-refractivity contribution in [3.8, 4) is 0 Å². The fraction of sp³-hybridized carbons (Fsp3) is 0.133. The zero-order chi connectivity index (χ0) is 17.2. The minimum atomic E-state index is -3.80. The molecule has 0 aliphatic rings. The number of nitrogens with zero attached hydrogens (tertiary/aromatic N) is 1. The molecule has 0 heterocycles. The van der Waals surface area contributed by atoms with Gasteiger partial charge in [-0.1, -0.05) is 17.7 Å². The molecule has 0 bridgehead atoms. The Morgan fingerprint density at radius 3 is 2.35 bits per heavy atom. The number of carbonyl (C=O) groups excluding carboxylic acids is 1. The zero-order valence-corrected chi connectivity index (χ0v) is 14.4. The van der Waals surface area contributed by atoms with Crippen molar-refractivity contribution in [1.29, 1.82) is 0 Å². The fourth-order valence-electron chi connectivity index (χ4n) is 1.91. The first-order chi connectivity index (χ1) is 10.7. The number of benzene rings is 2. The molecule has 0 aliphatic carbocycles. The SMILES string of the molecule is Cc1ccc(S(=O)(=O)CC(=O)c2ccc(Br)c([N+](=O)[O-])c2)cc1. The first-order valence-corrected chi connectivity index (χ1v) is 8.92. The number of rotatable bonds is 5. The van der Waals surface area contributed by atoms with E-state index in [0.717, 1.165) is 11.6 Å². The fourth-order valence-corrected chi connectivity index (χ4v) is 3.53. The van der Waals surface area contributed by atoms with Crippen LogP contribution in [-0.2, 0) is 9.84 Å². The van der Waals surface area contributed by atoms with Gasteiger partial charge in [0, 0.05) is 11.6 Å². The quantitative estimate of drug-likeness (QED) is 0.438. The van der Waals surface area contributed by atoms with Crippen LogP contribution in [0, 0.1) is 17.0 Å². The number of sulfone groups is 1. The second kappa shape index (κ2) is 6.59. The number of hydrogen-bond donors (Lipinski definition) is 0. The van der Waals surface area contributed by atoms with E-state index in [9.17, 15) is 23.3 Å². The summed E-state index contributed by atoms with van der Waals surface area (Å²) in [5.74, 6) is -1.43. The highest BCUT2D eigenvalue weighted by atomic mass is 79.9. The summed E-state index contributed by atoms with van der Waals surface area (Å²) < 4.78 is 24.7. The third kappa shape index (κ3) is 4.02. The van der Waals surface area contributed by atoms with Crippen molar-refractivity contribution in [3.63, 3.8) is 0 Å². The number of nitro groups is 1. The molecule has 0 aliphatic heterocycles. The van der Waals surface area contributed by atoms with E-state index in [4.69, 9.17) is 0 Å². The number of nitro benzene ring substituents is 1. The molecule has 0 amide bonds. The average Bonchev–Trinajstić information content (AvgIpc) is 2.47. The monoisotopic (exact) mass is 397 g/mol. The Hall–Kier alpha value is -2.06. The molecule has 2 rings (SSSR count). The lowest BCUT2D eigenvalue weighted by atomic mass is 10.1. The molecule has 0 spiro atoms. The van der Waals surface area contributed by atoms with Crippen molar-refractivity contribution in [1.82, 2.24) is 0 Å². The summed E-state index contributed by atoms with van der Waals surface area (Å²) in [7, 11) is -3.80. The van der Waals surface area contributed by atoms with Crippen molar-refractivity contribution in [2.75, 3.05) is 5.75 Å². The Balaban J connectivity index is 2.30. The molecule has 0 saturated carbocycles. The standard InChI is InChI=1S/C15H12BrNO5S/c1-10-2-5-12(6-3-10)23(21,22)9-15(18)11-4-7-13(16)14(8-11)17(19)20/h2-8H,9H2,1H3. The van der Waals surface area contributed by atoms with Crippen LogP contribution in [0.1, 0.15) is 15.9 Å². The predicted molar refractivity (Wildman–Crippen MR) is 88.4 cm³/mol. The Morgan fingerprint density at radius 2 is 1.78 bits per heavy atom. The molecule has 0 fully saturated rings. The van der Waals surface area contributed by atoms with Gasteiger partial charge in [-0.2, -0.15) is 0 Å². The largest absolute Gasteiger partial charge is 0.293 e. The van der Waals surface area contributed by atoms with Crippen LogP contribution in [0.25, 0.3) is 0 Å². The van der Waals surface area contributed by atoms with Crippen LogP contribution in [0.3, 0.4) is 0 Å². The highest BCUT2D eigenvalue weighted by Crippen LogP contribution is 2.26. The molecule has 0 saturated heterocycles. The summed E-state index contributed by atoms with van der Waals surface area (Å²) in [6.07, 6.45) is 0. The van der Waals surface area contributed by atoms with E-state index >= 15 is 0 Å². The Morgan fingerprint density at radius 1 is 1.17 bits per heavy atom. The highest BCUT2D eigenvalue weighted by Gasteiger charge is 2.22. The average molecular weight is 398 g/mol. The van der Waals surface area contributed by atoms with Gasteiger partial charge in [0.15, 0.2) is 15.6 Å². The Labute approximate surface area is 141 Å². The summed E-state index contributed by atoms with van der Waals surface area (Å²) in [5.41, 5.74) is 0.595. The number of carbonyl (C=O) groups is 1. The van der Waals surface area contributed by atoms with Crippen molar-refractivity contribution in [2.24, 2.45) is 0 Å². The van der Waals surface area contributed by atoms with Crippen molar-refractivity contribution in [3.05, 3.63) is 68.2 Å². The molecular weight excluding hydrogens is 386 g/mol. The van der Waals surface area contributed by atoms with E-state index in [1.165, 1.54) is 24.3 Å². The van der Waals surface area contributed by atoms with Gasteiger partial charge in [-0.25, -0.2) is 8.42 Å². The maximum absolute atomic E-state index is 12.2. The lowest BCUT2D eigenvalue weighted by Crippen LogP contribution is -2.16. The topological polar surface area (TPSA) is 94.3 Å². The van der Waals surface area contributed by atoms with Crippen LogP contribution in [0.5, 0.6) is 0 Å². The molecule has 6 nitrogen and oxygen atoms in total. The van der Waals surface area contributed by atoms with Crippen LogP contribution in [-0.4, -0.2) is 24.9 Å². The molecule has 0 atom stereocenters. The molecule has 23 heavy (non-hydrogen) atoms. The van der Waals surface area contributed by atoms with Crippen molar-refractivity contribution >= 4 is 37.2 Å². The third-order valence-electron chi connectivity index (χ3n) is 3.17. The number of aryl methyl sites for hydroxylation is 1. The van der Waals surface area contributed by atoms with E-state index < -0.39 is 26.3 Å². The van der Waals surface area contributed by atoms with Gasteiger partial charge in [0.05, 0.1) is 14.3 Å². The highest BCUT2D eigenvalue weighted by molar-refractivity contribution is 9.10. The van der Waals surface area contributed by atoms with Crippen molar-refractivity contribution < 1.29 is 18.1 Å². The summed E-state index contributed by atoms with van der Waals surface area (Å²) in [6, 6.07) is 9.92. The minimum Gasteiger partial charge on any atom is -0.293 e. The van der Waals surface area contributed by atoms with Gasteiger partial charge in [-0.05, 0) is 47.1 Å². The minimum absolute atomic E-state index is 0.0180. The van der Waals surface area contributed by atoms with Gasteiger partial charge in [-0.15, -0.1) is 0 Å². The third-order valence-corrected chi connectivity index (χ3v) is 5.47. The lowest BCUT2D eigenvalue weighted by molar-refractivity contribution is -0.385. The predicted octanol–water partition coefficient (Wildman–Crippen LogP) is 3.32. The van der Waals surface area contributed by atoms with Gasteiger partial charge < -0.3 is 0 Å². The number of hydrogen-bond acceptors (Lipinski definition) is 5. The first kappa shape index (κ1) is 17.3. The summed E-state index contributed by atoms with van der Waals surface area (Å²) >= 11 is 3.01. The van der Waals surface area contributed by atoms with Gasteiger partial charge in [-0.3, -0.25) is 14.9 Å². The Kier molecular flexibility index (Phi) is 4.96. The van der Waals surface area contributed by atoms with Crippen LogP contribution in [0.15, 0.2) is 51.8 Å². The lowest BCUT2D eigenvalue weighted by Gasteiger charge is -2.05. The normalized spacial score (nSPS) is 11.2. The molecule has 2 aromatic rings. The first-order valence-electron chi connectivity index (χ1n) is 6.47. The van der Waals surface area contributed by atoms with E-state index in [1.54, 1.807) is 12.1 Å². The van der Waals surface area contributed by atoms with Gasteiger partial charge in [0.1, 0.15) is 5.75 Å². The molecule has 0 unspecified atom stereocenters.